The topological polar surface area (TPSA) is 102 Å². The third-order valence-electron chi connectivity index (χ3n) is 3.68. The molecule has 1 saturated carbocycles. The van der Waals surface area contributed by atoms with Crippen LogP contribution in [-0.2, 0) is 4.79 Å². The maximum atomic E-state index is 11.5. The molecule has 1 aromatic carbocycles. The van der Waals surface area contributed by atoms with Crippen LogP contribution in [-0.4, -0.2) is 35.2 Å². The van der Waals surface area contributed by atoms with Crippen LogP contribution in [0.25, 0.3) is 0 Å². The summed E-state index contributed by atoms with van der Waals surface area (Å²) in [5.41, 5.74) is -1.31. The van der Waals surface area contributed by atoms with Gasteiger partial charge in [0.1, 0.15) is 12.4 Å². The number of carbonyl (C=O) groups is 1. The number of hydrogen-bond donors (Lipinski definition) is 2. The van der Waals surface area contributed by atoms with E-state index in [0.29, 0.717) is 0 Å². The van der Waals surface area contributed by atoms with E-state index < -0.39 is 16.4 Å². The van der Waals surface area contributed by atoms with Crippen LogP contribution in [0.2, 0.25) is 5.02 Å². The monoisotopic (exact) mass is 314 g/mol. The Morgan fingerprint density at radius 3 is 2.71 bits per heavy atom. The highest BCUT2D eigenvalue weighted by Crippen LogP contribution is 2.40. The minimum absolute atomic E-state index is 0.0109. The summed E-state index contributed by atoms with van der Waals surface area (Å²) in [7, 11) is 1.58. The molecule has 1 aliphatic rings. The molecule has 0 spiro atoms. The van der Waals surface area contributed by atoms with E-state index in [0.717, 1.165) is 12.8 Å². The number of hydrogen-bond acceptors (Lipinski definition) is 5. The number of nitro groups is 1. The number of nitro benzene ring substituents is 1. The number of carboxylic acids is 1. The molecular weight excluding hydrogens is 300 g/mol. The van der Waals surface area contributed by atoms with Gasteiger partial charge in [0.05, 0.1) is 9.95 Å². The SMILES string of the molecule is CNC(COc1ccc([N+](=O)[O-])cc1Cl)(C(=O)O)C1CC1. The summed E-state index contributed by atoms with van der Waals surface area (Å²) in [5, 5.41) is 23.0. The highest BCUT2D eigenvalue weighted by atomic mass is 35.5. The van der Waals surface area contributed by atoms with Crippen molar-refractivity contribution in [2.75, 3.05) is 13.7 Å². The summed E-state index contributed by atoms with van der Waals surface area (Å²) in [6.07, 6.45) is 1.65. The van der Waals surface area contributed by atoms with Gasteiger partial charge in [-0.05, 0) is 31.9 Å². The lowest BCUT2D eigenvalue weighted by molar-refractivity contribution is -0.384. The third kappa shape index (κ3) is 3.08. The molecule has 1 aliphatic carbocycles. The van der Waals surface area contributed by atoms with Crippen LogP contribution < -0.4 is 10.1 Å². The fourth-order valence-electron chi connectivity index (χ4n) is 2.23. The Hall–Kier alpha value is -1.86. The molecule has 0 aromatic heterocycles. The first-order valence-electron chi connectivity index (χ1n) is 6.40. The van der Waals surface area contributed by atoms with E-state index >= 15 is 0 Å². The number of benzene rings is 1. The van der Waals surface area contributed by atoms with Crippen molar-refractivity contribution < 1.29 is 19.6 Å². The normalized spacial score (nSPS) is 17.0. The molecule has 1 atom stereocenters. The largest absolute Gasteiger partial charge is 0.489 e. The first-order valence-corrected chi connectivity index (χ1v) is 6.77. The van der Waals surface area contributed by atoms with Crippen LogP contribution in [0.3, 0.4) is 0 Å². The van der Waals surface area contributed by atoms with Gasteiger partial charge in [-0.3, -0.25) is 14.9 Å². The molecule has 0 bridgehead atoms. The van der Waals surface area contributed by atoms with E-state index in [1.165, 1.54) is 18.2 Å². The van der Waals surface area contributed by atoms with Crippen molar-refractivity contribution in [2.45, 2.75) is 18.4 Å². The van der Waals surface area contributed by atoms with E-state index in [-0.39, 0.29) is 29.0 Å². The molecule has 1 fully saturated rings. The second kappa shape index (κ2) is 5.87. The molecule has 0 radical (unpaired) electrons. The van der Waals surface area contributed by atoms with Crippen molar-refractivity contribution in [3.05, 3.63) is 33.3 Å². The Kier molecular flexibility index (Phi) is 4.34. The summed E-state index contributed by atoms with van der Waals surface area (Å²) in [6.45, 7) is -0.0962. The number of non-ortho nitro benzene ring substituents is 1. The van der Waals surface area contributed by atoms with E-state index in [4.69, 9.17) is 16.3 Å². The van der Waals surface area contributed by atoms with E-state index in [2.05, 4.69) is 5.32 Å². The van der Waals surface area contributed by atoms with Gasteiger partial charge in [0, 0.05) is 12.1 Å². The maximum Gasteiger partial charge on any atom is 0.327 e. The zero-order valence-corrected chi connectivity index (χ0v) is 12.1. The molecule has 0 saturated heterocycles. The average Bonchev–Trinajstić information content (AvgIpc) is 3.25. The molecule has 0 heterocycles. The quantitative estimate of drug-likeness (QED) is 0.590. The second-order valence-electron chi connectivity index (χ2n) is 4.96. The molecule has 1 aromatic rings. The van der Waals surface area contributed by atoms with Crippen molar-refractivity contribution in [3.8, 4) is 5.75 Å². The minimum Gasteiger partial charge on any atom is -0.489 e. The molecule has 114 valence electrons. The maximum absolute atomic E-state index is 11.5. The average molecular weight is 315 g/mol. The van der Waals surface area contributed by atoms with Crippen molar-refractivity contribution in [1.29, 1.82) is 0 Å². The number of ether oxygens (including phenoxy) is 1. The molecule has 2 N–H and O–H groups in total. The van der Waals surface area contributed by atoms with Crippen molar-refractivity contribution >= 4 is 23.3 Å². The van der Waals surface area contributed by atoms with Gasteiger partial charge < -0.3 is 15.2 Å². The van der Waals surface area contributed by atoms with Gasteiger partial charge in [-0.25, -0.2) is 0 Å². The predicted octanol–water partition coefficient (Wildman–Crippen LogP) is 2.08. The number of aliphatic carboxylic acids is 1. The standard InChI is InChI=1S/C13H15ClN2O5/c1-15-13(12(17)18,8-2-3-8)7-21-11-5-4-9(16(19)20)6-10(11)14/h4-6,8,15H,2-3,7H2,1H3,(H,17,18). The number of nitrogens with one attached hydrogen (secondary N) is 1. The fraction of sp³-hybridized carbons (Fsp3) is 0.462. The van der Waals surface area contributed by atoms with Crippen LogP contribution in [0.15, 0.2) is 18.2 Å². The summed E-state index contributed by atoms with van der Waals surface area (Å²) >= 11 is 5.92. The summed E-state index contributed by atoms with van der Waals surface area (Å²) in [5.74, 6) is -0.744. The van der Waals surface area contributed by atoms with Gasteiger partial charge in [-0.2, -0.15) is 0 Å². The lowest BCUT2D eigenvalue weighted by Gasteiger charge is -2.29. The minimum atomic E-state index is -1.16. The van der Waals surface area contributed by atoms with E-state index in [1.54, 1.807) is 7.05 Å². The molecule has 0 amide bonds. The Labute approximate surface area is 126 Å². The zero-order valence-electron chi connectivity index (χ0n) is 11.3. The molecule has 0 aliphatic heterocycles. The predicted molar refractivity (Wildman–Crippen MR) is 75.8 cm³/mol. The van der Waals surface area contributed by atoms with Crippen LogP contribution >= 0.6 is 11.6 Å². The van der Waals surface area contributed by atoms with Gasteiger partial charge in [0.15, 0.2) is 5.54 Å². The summed E-state index contributed by atoms with van der Waals surface area (Å²) in [4.78, 5) is 21.6. The molecule has 1 unspecified atom stereocenters. The van der Waals surface area contributed by atoms with Crippen LogP contribution in [0, 0.1) is 16.0 Å². The fourth-order valence-corrected chi connectivity index (χ4v) is 2.45. The third-order valence-corrected chi connectivity index (χ3v) is 3.98. The molecule has 21 heavy (non-hydrogen) atoms. The number of halogens is 1. The number of carboxylic acid groups (broad SMARTS) is 1. The van der Waals surface area contributed by atoms with Crippen LogP contribution in [0.1, 0.15) is 12.8 Å². The van der Waals surface area contributed by atoms with Crippen molar-refractivity contribution in [3.63, 3.8) is 0 Å². The van der Waals surface area contributed by atoms with Gasteiger partial charge in [-0.1, -0.05) is 11.6 Å². The first kappa shape index (κ1) is 15.5. The highest BCUT2D eigenvalue weighted by Gasteiger charge is 2.51. The molecule has 7 nitrogen and oxygen atoms in total. The van der Waals surface area contributed by atoms with Crippen molar-refractivity contribution in [2.24, 2.45) is 5.92 Å². The zero-order chi connectivity index (χ0) is 15.6. The molecular formula is C13H15ClN2O5. The van der Waals surface area contributed by atoms with Crippen molar-refractivity contribution in [1.82, 2.24) is 5.32 Å². The molecule has 2 rings (SSSR count). The number of likely N-dealkylation sites (N-methyl/N-ethyl adjacent to an activating group) is 1. The van der Waals surface area contributed by atoms with Crippen LogP contribution in [0.4, 0.5) is 5.69 Å². The first-order chi connectivity index (χ1) is 9.90. The summed E-state index contributed by atoms with van der Waals surface area (Å²) in [6, 6.07) is 3.81. The van der Waals surface area contributed by atoms with E-state index in [1.807, 2.05) is 0 Å². The van der Waals surface area contributed by atoms with Gasteiger partial charge in [0.25, 0.3) is 5.69 Å². The number of nitrogens with zero attached hydrogens (tertiary/aromatic N) is 1. The second-order valence-corrected chi connectivity index (χ2v) is 5.37. The Balaban J connectivity index is 2.14. The van der Waals surface area contributed by atoms with Gasteiger partial charge >= 0.3 is 5.97 Å². The molecule has 8 heteroatoms. The number of rotatable bonds is 7. The smallest absolute Gasteiger partial charge is 0.327 e. The Morgan fingerprint density at radius 1 is 1.62 bits per heavy atom. The lowest BCUT2D eigenvalue weighted by Crippen LogP contribution is -2.56. The Bertz CT molecular complexity index is 576. The summed E-state index contributed by atoms with van der Waals surface area (Å²) < 4.78 is 5.49. The van der Waals surface area contributed by atoms with Gasteiger partial charge in [0.2, 0.25) is 0 Å². The Morgan fingerprint density at radius 2 is 2.29 bits per heavy atom. The van der Waals surface area contributed by atoms with Crippen LogP contribution in [0.5, 0.6) is 5.75 Å². The highest BCUT2D eigenvalue weighted by molar-refractivity contribution is 6.32. The lowest BCUT2D eigenvalue weighted by atomic mass is 9.94. The van der Waals surface area contributed by atoms with Gasteiger partial charge in [-0.15, -0.1) is 0 Å². The van der Waals surface area contributed by atoms with E-state index in [9.17, 15) is 20.0 Å².